The molecule has 82 heavy (non-hydrogen) atoms. The molecule has 1 saturated heterocycles. The van der Waals surface area contributed by atoms with E-state index in [0.29, 0.717) is 47.5 Å². The first-order valence-electron chi connectivity index (χ1n) is 27.4. The van der Waals surface area contributed by atoms with Crippen LogP contribution >= 0.6 is 0 Å². The second kappa shape index (κ2) is 26.7. The summed E-state index contributed by atoms with van der Waals surface area (Å²) >= 11 is 0. The van der Waals surface area contributed by atoms with Crippen molar-refractivity contribution in [2.24, 2.45) is 5.73 Å². The van der Waals surface area contributed by atoms with E-state index >= 15 is 4.39 Å². The summed E-state index contributed by atoms with van der Waals surface area (Å²) in [4.78, 5) is 108. The number of unbranched alkanes of at least 4 members (excludes halogenated alkanes) is 1. The maximum Gasteiger partial charge on any atom is 0.343 e. The zero-order valence-corrected chi connectivity index (χ0v) is 45.5. The van der Waals surface area contributed by atoms with Gasteiger partial charge in [-0.3, -0.25) is 33.6 Å². The van der Waals surface area contributed by atoms with Crippen molar-refractivity contribution in [2.75, 3.05) is 46.1 Å². The number of nitrogens with one attached hydrogen (secondary N) is 6. The van der Waals surface area contributed by atoms with Crippen LogP contribution in [0.4, 0.5) is 4.39 Å². The summed E-state index contributed by atoms with van der Waals surface area (Å²) in [6.07, 6.45) is -3.90. The number of ether oxygens (including phenoxy) is 3. The molecule has 2 aromatic carbocycles. The Hall–Kier alpha value is -7.30. The Balaban J connectivity index is 0.757. The van der Waals surface area contributed by atoms with E-state index in [4.69, 9.17) is 24.9 Å². The zero-order valence-electron chi connectivity index (χ0n) is 45.5. The van der Waals surface area contributed by atoms with Gasteiger partial charge < -0.3 is 81.9 Å². The number of nitrogens with zero attached hydrogens (tertiary/aromatic N) is 2. The van der Waals surface area contributed by atoms with Gasteiger partial charge in [0.1, 0.15) is 55.7 Å². The number of amides is 6. The normalized spacial score (nSPS) is 22.1. The number of pyridine rings is 2. The Labute approximate surface area is 469 Å². The second-order valence-corrected chi connectivity index (χ2v) is 21.0. The number of aryl methyl sites for hydroxylation is 1. The lowest BCUT2D eigenvalue weighted by Crippen LogP contribution is -2.60. The number of aliphatic hydroxyl groups is 5. The average molecular weight is 1140 g/mol. The Bertz CT molecular complexity index is 3140. The number of nitrogens with two attached hydrogens (primary N) is 1. The number of halogens is 1. The molecule has 0 saturated carbocycles. The van der Waals surface area contributed by atoms with Crippen molar-refractivity contribution in [3.05, 3.63) is 97.6 Å². The van der Waals surface area contributed by atoms with Gasteiger partial charge in [0.15, 0.2) is 5.60 Å². The van der Waals surface area contributed by atoms with E-state index < -0.39 is 116 Å². The average Bonchev–Trinajstić information content (AvgIpc) is 4.08. The first-order valence-corrected chi connectivity index (χ1v) is 27.4. The summed E-state index contributed by atoms with van der Waals surface area (Å²) in [7, 11) is 0. The highest BCUT2D eigenvalue weighted by atomic mass is 19.1. The third kappa shape index (κ3) is 13.4. The van der Waals surface area contributed by atoms with Crippen molar-refractivity contribution in [3.63, 3.8) is 0 Å². The lowest BCUT2D eigenvalue weighted by Gasteiger charge is -2.40. The fourth-order valence-corrected chi connectivity index (χ4v) is 11.0. The van der Waals surface area contributed by atoms with Crippen molar-refractivity contribution in [2.45, 2.75) is 139 Å². The molecule has 0 radical (unpaired) electrons. The highest BCUT2D eigenvalue weighted by Crippen LogP contribution is 2.48. The first kappa shape index (κ1) is 60.8. The highest BCUT2D eigenvalue weighted by Gasteiger charge is 2.46. The smallest absolute Gasteiger partial charge is 0.343 e. The van der Waals surface area contributed by atoms with Crippen LogP contribution in [-0.2, 0) is 79.4 Å². The zero-order chi connectivity index (χ0) is 59.0. The Morgan fingerprint density at radius 1 is 0.878 bits per heavy atom. The number of hydrogen-bond donors (Lipinski definition) is 12. The fraction of sp³-hybridized carbons (Fsp3) is 0.518. The molecule has 9 atom stereocenters. The van der Waals surface area contributed by atoms with Crippen molar-refractivity contribution >= 4 is 52.3 Å². The molecule has 8 rings (SSSR count). The minimum Gasteiger partial charge on any atom is -0.458 e. The van der Waals surface area contributed by atoms with Crippen LogP contribution in [0.25, 0.3) is 22.3 Å². The van der Waals surface area contributed by atoms with E-state index in [0.717, 1.165) is 41.3 Å². The molecule has 1 aliphatic carbocycles. The van der Waals surface area contributed by atoms with E-state index in [2.05, 4.69) is 31.9 Å². The van der Waals surface area contributed by atoms with Crippen LogP contribution in [0.5, 0.6) is 0 Å². The maximum absolute atomic E-state index is 15.4. The minimum atomic E-state index is -1.99. The third-order valence-corrected chi connectivity index (χ3v) is 15.7. The first-order chi connectivity index (χ1) is 39.2. The third-order valence-electron chi connectivity index (χ3n) is 15.7. The number of aromatic nitrogens is 2. The van der Waals surface area contributed by atoms with E-state index in [1.54, 1.807) is 54.8 Å². The number of cyclic esters (lactones) is 1. The predicted octanol–water partition coefficient (Wildman–Crippen LogP) is -2.04. The summed E-state index contributed by atoms with van der Waals surface area (Å²) in [6.45, 7) is 0.974. The molecule has 0 spiro atoms. The molecule has 442 valence electrons. The number of benzene rings is 2. The van der Waals surface area contributed by atoms with Gasteiger partial charge in [0, 0.05) is 48.6 Å². The molecule has 4 aromatic rings. The molecule has 3 aliphatic heterocycles. The highest BCUT2D eigenvalue weighted by molar-refractivity contribution is 5.95. The van der Waals surface area contributed by atoms with Crippen molar-refractivity contribution in [1.82, 2.24) is 41.5 Å². The van der Waals surface area contributed by atoms with Crippen molar-refractivity contribution in [1.29, 1.82) is 0 Å². The van der Waals surface area contributed by atoms with Crippen molar-refractivity contribution < 1.29 is 77.7 Å². The SMILES string of the molecule is CC[C@@]1(O)C(=O)OCc2c1cc1n(c2=O)Cc2c-1nc1cc(F)c(C)c3c1c2C(CCCCOCNC(=O)CNC(=O)[C@H](Cc1ccccc1)NC(=O)CNC(=O)CNC(=O)[C@@H](N)CCC(=O)NC[C@@H]1O[C@H](CO)[C@@H](O)[C@H](O)[C@H]1O)CC3. The summed E-state index contributed by atoms with van der Waals surface area (Å²) < 4.78 is 33.3. The van der Waals surface area contributed by atoms with Crippen molar-refractivity contribution in [3.8, 4) is 11.4 Å². The van der Waals surface area contributed by atoms with E-state index in [9.17, 15) is 63.9 Å². The monoisotopic (exact) mass is 1140 g/mol. The van der Waals surface area contributed by atoms with E-state index in [1.807, 2.05) is 0 Å². The second-order valence-electron chi connectivity index (χ2n) is 21.0. The molecule has 25 nitrogen and oxygen atoms in total. The van der Waals surface area contributed by atoms with Gasteiger partial charge in [-0.2, -0.15) is 0 Å². The molecule has 5 heterocycles. The summed E-state index contributed by atoms with van der Waals surface area (Å²) in [5, 5.41) is 66.5. The number of esters is 1. The topological polar surface area (TPSA) is 381 Å². The number of fused-ring (bicyclic) bond motifs is 5. The number of carbonyl (C=O) groups is 7. The van der Waals surface area contributed by atoms with Crippen LogP contribution in [0.15, 0.2) is 47.3 Å². The molecule has 1 unspecified atom stereocenters. The Kier molecular flexibility index (Phi) is 19.8. The van der Waals surface area contributed by atoms with Gasteiger partial charge >= 0.3 is 5.97 Å². The lowest BCUT2D eigenvalue weighted by atomic mass is 9.76. The van der Waals surface area contributed by atoms with E-state index in [-0.39, 0.29) is 80.5 Å². The Morgan fingerprint density at radius 3 is 2.32 bits per heavy atom. The van der Waals surface area contributed by atoms with Crippen LogP contribution in [0.2, 0.25) is 0 Å². The molecule has 0 bridgehead atoms. The number of carbonyl (C=O) groups excluding carboxylic acids is 7. The number of aliphatic hydroxyl groups excluding tert-OH is 4. The molecule has 1 fully saturated rings. The molecule has 26 heteroatoms. The summed E-state index contributed by atoms with van der Waals surface area (Å²) in [6, 6.07) is 9.45. The largest absolute Gasteiger partial charge is 0.458 e. The lowest BCUT2D eigenvalue weighted by molar-refractivity contribution is -0.227. The van der Waals surface area contributed by atoms with Crippen LogP contribution in [0.1, 0.15) is 96.7 Å². The van der Waals surface area contributed by atoms with Gasteiger partial charge in [-0.1, -0.05) is 43.7 Å². The molecule has 2 aromatic heterocycles. The molecular formula is C56H70FN9O16. The van der Waals surface area contributed by atoms with Crippen LogP contribution in [0, 0.1) is 12.7 Å². The van der Waals surface area contributed by atoms with Gasteiger partial charge in [0.2, 0.25) is 35.4 Å². The fourth-order valence-electron chi connectivity index (χ4n) is 11.0. The standard InChI is InChI=1S/C56H70FN9O16/c1-3-56(79)34-18-39-48-32(24-66(39)54(77)33(34)26-81-55(56)78)46-30(12-13-31-28(2)35(57)19-37(65-48)47(31)46)11-7-8-16-80-27-63-44(70)22-62-53(76)38(17-29-9-5-4-6-10-29)64-45(71)23-60-43(69)21-61-52(75)36(58)14-15-42(68)59-20-40-49(72)51(74)50(73)41(25-67)82-40/h4-6,9-10,18-19,30,36,38,40-41,49-51,67,72-74,79H,3,7-8,11-17,20-27,58H2,1-2H3,(H,59,68)(H,60,69)(H,61,75)(H,62,76)(H,63,70)(H,64,71)/t30?,36-,38-,40-,41+,49-,50+,51+,56-/m0/s1. The van der Waals surface area contributed by atoms with Crippen LogP contribution in [-0.4, -0.2) is 165 Å². The van der Waals surface area contributed by atoms with Gasteiger partial charge in [-0.25, -0.2) is 14.2 Å². The molecular weight excluding hydrogens is 1070 g/mol. The van der Waals surface area contributed by atoms with Gasteiger partial charge in [-0.05, 0) is 79.7 Å². The minimum absolute atomic E-state index is 0.00288. The maximum atomic E-state index is 15.4. The molecule has 6 amide bonds. The predicted molar refractivity (Wildman–Crippen MR) is 288 cm³/mol. The van der Waals surface area contributed by atoms with Gasteiger partial charge in [-0.15, -0.1) is 0 Å². The van der Waals surface area contributed by atoms with Crippen LogP contribution < -0.4 is 43.2 Å². The van der Waals surface area contributed by atoms with Gasteiger partial charge in [0.05, 0.1) is 61.3 Å². The number of rotatable bonds is 25. The van der Waals surface area contributed by atoms with E-state index in [1.165, 1.54) is 6.07 Å². The van der Waals surface area contributed by atoms with Gasteiger partial charge in [0.25, 0.3) is 5.56 Å². The molecule has 13 N–H and O–H groups in total. The summed E-state index contributed by atoms with van der Waals surface area (Å²) in [5.41, 5.74) is 9.35. The van der Waals surface area contributed by atoms with Crippen LogP contribution in [0.3, 0.4) is 0 Å². The Morgan fingerprint density at radius 2 is 1.59 bits per heavy atom. The quantitative estimate of drug-likeness (QED) is 0.0170. The molecule has 4 aliphatic rings. The summed E-state index contributed by atoms with van der Waals surface area (Å²) in [5.74, 6) is -5.29. The number of hydrogen-bond acceptors (Lipinski definition) is 18.